The highest BCUT2D eigenvalue weighted by Crippen LogP contribution is 2.30. The number of fused-ring (bicyclic) bond motifs is 1. The first-order valence-corrected chi connectivity index (χ1v) is 8.10. The molecule has 0 saturated heterocycles. The number of benzene rings is 1. The molecule has 1 aromatic carbocycles. The van der Waals surface area contributed by atoms with Crippen LogP contribution in [0.1, 0.15) is 31.7 Å². The van der Waals surface area contributed by atoms with E-state index in [4.69, 9.17) is 5.73 Å². The van der Waals surface area contributed by atoms with Crippen LogP contribution in [-0.4, -0.2) is 29.0 Å². The van der Waals surface area contributed by atoms with Crippen LogP contribution in [0, 0.1) is 5.92 Å². The number of hydrogen-bond acceptors (Lipinski definition) is 3. The molecule has 2 unspecified atom stereocenters. The first-order chi connectivity index (χ1) is 10.3. The number of nitrogens with two attached hydrogens (primary N) is 1. The zero-order valence-electron chi connectivity index (χ0n) is 12.8. The molecule has 1 heterocycles. The molecule has 0 radical (unpaired) electrons. The van der Waals surface area contributed by atoms with Gasteiger partial charge in [0, 0.05) is 24.2 Å². The van der Waals surface area contributed by atoms with Crippen molar-refractivity contribution in [2.45, 2.75) is 38.8 Å². The van der Waals surface area contributed by atoms with E-state index in [0.717, 1.165) is 25.2 Å². The van der Waals surface area contributed by atoms with Crippen molar-refractivity contribution in [1.29, 1.82) is 0 Å². The van der Waals surface area contributed by atoms with E-state index in [9.17, 15) is 0 Å². The van der Waals surface area contributed by atoms with Gasteiger partial charge in [-0.2, -0.15) is 0 Å². The summed E-state index contributed by atoms with van der Waals surface area (Å²) in [5.41, 5.74) is 8.43. The molecule has 1 aromatic heterocycles. The standard InChI is InChI=1S/C18H25N3/c1-2-21(17-10-4-7-15(17)12-19)13-16-8-3-6-14-9-5-11-20-18(14)16/h3,5-6,8-9,11,15,17H,2,4,7,10,12-13,19H2,1H3. The number of pyridine rings is 1. The number of nitrogens with zero attached hydrogens (tertiary/aromatic N) is 2. The topological polar surface area (TPSA) is 42.2 Å². The Labute approximate surface area is 127 Å². The molecule has 0 bridgehead atoms. The van der Waals surface area contributed by atoms with Gasteiger partial charge < -0.3 is 5.73 Å². The van der Waals surface area contributed by atoms with Crippen LogP contribution in [0.4, 0.5) is 0 Å². The van der Waals surface area contributed by atoms with Crippen molar-refractivity contribution in [2.24, 2.45) is 11.7 Å². The van der Waals surface area contributed by atoms with Gasteiger partial charge in [-0.05, 0) is 43.5 Å². The second-order valence-corrected chi connectivity index (χ2v) is 6.05. The Hall–Kier alpha value is -1.45. The summed E-state index contributed by atoms with van der Waals surface area (Å²) in [6.07, 6.45) is 5.77. The molecule has 0 aliphatic heterocycles. The van der Waals surface area contributed by atoms with Crippen LogP contribution in [0.3, 0.4) is 0 Å². The molecule has 1 fully saturated rings. The fraction of sp³-hybridized carbons (Fsp3) is 0.500. The summed E-state index contributed by atoms with van der Waals surface area (Å²) in [5, 5.41) is 1.23. The predicted octanol–water partition coefficient (Wildman–Crippen LogP) is 3.18. The van der Waals surface area contributed by atoms with E-state index < -0.39 is 0 Å². The Morgan fingerprint density at radius 3 is 2.90 bits per heavy atom. The number of aromatic nitrogens is 1. The van der Waals surface area contributed by atoms with Crippen molar-refractivity contribution in [3.8, 4) is 0 Å². The molecular weight excluding hydrogens is 258 g/mol. The van der Waals surface area contributed by atoms with Crippen molar-refractivity contribution < 1.29 is 0 Å². The Kier molecular flexibility index (Phi) is 4.51. The Morgan fingerprint density at radius 1 is 1.24 bits per heavy atom. The van der Waals surface area contributed by atoms with Crippen LogP contribution >= 0.6 is 0 Å². The molecular formula is C18H25N3. The third-order valence-corrected chi connectivity index (χ3v) is 4.89. The van der Waals surface area contributed by atoms with Crippen LogP contribution in [-0.2, 0) is 6.54 Å². The second-order valence-electron chi connectivity index (χ2n) is 6.05. The third-order valence-electron chi connectivity index (χ3n) is 4.89. The van der Waals surface area contributed by atoms with E-state index in [0.29, 0.717) is 12.0 Å². The lowest BCUT2D eigenvalue weighted by Crippen LogP contribution is -2.39. The molecule has 0 spiro atoms. The number of rotatable bonds is 5. The van der Waals surface area contributed by atoms with Crippen molar-refractivity contribution in [1.82, 2.24) is 9.88 Å². The summed E-state index contributed by atoms with van der Waals surface area (Å²) < 4.78 is 0. The van der Waals surface area contributed by atoms with Gasteiger partial charge in [-0.3, -0.25) is 9.88 Å². The minimum Gasteiger partial charge on any atom is -0.330 e. The summed E-state index contributed by atoms with van der Waals surface area (Å²) in [6.45, 7) is 5.12. The van der Waals surface area contributed by atoms with E-state index in [2.05, 4.69) is 41.1 Å². The highest BCUT2D eigenvalue weighted by Gasteiger charge is 2.30. The lowest BCUT2D eigenvalue weighted by Gasteiger charge is -2.32. The minimum absolute atomic E-state index is 0.638. The van der Waals surface area contributed by atoms with Gasteiger partial charge in [0.1, 0.15) is 0 Å². The molecule has 2 N–H and O–H groups in total. The summed E-state index contributed by atoms with van der Waals surface area (Å²) >= 11 is 0. The van der Waals surface area contributed by atoms with Gasteiger partial charge in [-0.1, -0.05) is 37.6 Å². The largest absolute Gasteiger partial charge is 0.330 e. The normalized spacial score (nSPS) is 22.2. The van der Waals surface area contributed by atoms with Gasteiger partial charge in [-0.15, -0.1) is 0 Å². The highest BCUT2D eigenvalue weighted by atomic mass is 15.2. The van der Waals surface area contributed by atoms with E-state index in [1.54, 1.807) is 0 Å². The monoisotopic (exact) mass is 283 g/mol. The predicted molar refractivity (Wildman–Crippen MR) is 88.0 cm³/mol. The van der Waals surface area contributed by atoms with E-state index >= 15 is 0 Å². The fourth-order valence-corrected chi connectivity index (χ4v) is 3.75. The fourth-order valence-electron chi connectivity index (χ4n) is 3.75. The maximum absolute atomic E-state index is 5.96. The zero-order chi connectivity index (χ0) is 14.7. The molecule has 3 heteroatoms. The molecule has 1 aliphatic rings. The number of para-hydroxylation sites is 1. The average Bonchev–Trinajstić information content (AvgIpc) is 3.01. The summed E-state index contributed by atoms with van der Waals surface area (Å²) in [5.74, 6) is 0.660. The molecule has 1 aliphatic carbocycles. The van der Waals surface area contributed by atoms with Gasteiger partial charge in [0.25, 0.3) is 0 Å². The van der Waals surface area contributed by atoms with Crippen molar-refractivity contribution >= 4 is 10.9 Å². The first kappa shape index (κ1) is 14.5. The lowest BCUT2D eigenvalue weighted by atomic mass is 10.0. The van der Waals surface area contributed by atoms with Crippen LogP contribution < -0.4 is 5.73 Å². The molecule has 3 nitrogen and oxygen atoms in total. The maximum Gasteiger partial charge on any atom is 0.0746 e. The quantitative estimate of drug-likeness (QED) is 0.916. The average molecular weight is 283 g/mol. The highest BCUT2D eigenvalue weighted by molar-refractivity contribution is 5.81. The van der Waals surface area contributed by atoms with E-state index in [1.807, 2.05) is 12.3 Å². The van der Waals surface area contributed by atoms with Crippen LogP contribution in [0.25, 0.3) is 10.9 Å². The zero-order valence-corrected chi connectivity index (χ0v) is 12.8. The maximum atomic E-state index is 5.96. The van der Waals surface area contributed by atoms with Gasteiger partial charge in [0.15, 0.2) is 0 Å². The van der Waals surface area contributed by atoms with Gasteiger partial charge in [0.2, 0.25) is 0 Å². The van der Waals surface area contributed by atoms with Crippen LogP contribution in [0.15, 0.2) is 36.5 Å². The summed E-state index contributed by atoms with van der Waals surface area (Å²) in [4.78, 5) is 7.17. The molecule has 2 aromatic rings. The smallest absolute Gasteiger partial charge is 0.0746 e. The van der Waals surface area contributed by atoms with Gasteiger partial charge >= 0.3 is 0 Å². The second kappa shape index (κ2) is 6.54. The Bertz CT molecular complexity index is 591. The number of hydrogen-bond donors (Lipinski definition) is 1. The molecule has 3 rings (SSSR count). The van der Waals surface area contributed by atoms with Crippen molar-refractivity contribution in [2.75, 3.05) is 13.1 Å². The minimum atomic E-state index is 0.638. The molecule has 0 amide bonds. The lowest BCUT2D eigenvalue weighted by molar-refractivity contribution is 0.162. The van der Waals surface area contributed by atoms with E-state index in [1.165, 1.54) is 30.2 Å². The van der Waals surface area contributed by atoms with Gasteiger partial charge in [0.05, 0.1) is 5.52 Å². The first-order valence-electron chi connectivity index (χ1n) is 8.10. The van der Waals surface area contributed by atoms with Crippen molar-refractivity contribution in [3.63, 3.8) is 0 Å². The SMILES string of the molecule is CCN(Cc1cccc2cccnc12)C1CCCC1CN. The molecule has 112 valence electrons. The summed E-state index contributed by atoms with van der Waals surface area (Å²) in [7, 11) is 0. The summed E-state index contributed by atoms with van der Waals surface area (Å²) in [6, 6.07) is 11.3. The molecule has 2 atom stereocenters. The van der Waals surface area contributed by atoms with Crippen LogP contribution in [0.5, 0.6) is 0 Å². The molecule has 21 heavy (non-hydrogen) atoms. The van der Waals surface area contributed by atoms with Gasteiger partial charge in [-0.25, -0.2) is 0 Å². The Morgan fingerprint density at radius 2 is 2.10 bits per heavy atom. The van der Waals surface area contributed by atoms with Crippen molar-refractivity contribution in [3.05, 3.63) is 42.1 Å². The third kappa shape index (κ3) is 2.94. The molecule has 1 saturated carbocycles. The van der Waals surface area contributed by atoms with E-state index in [-0.39, 0.29) is 0 Å². The van der Waals surface area contributed by atoms with Crippen LogP contribution in [0.2, 0.25) is 0 Å². The Balaban J connectivity index is 1.86.